The summed E-state index contributed by atoms with van der Waals surface area (Å²) in [5.41, 5.74) is 0.836. The molecule has 1 unspecified atom stereocenters. The molecular weight excluding hydrogens is 536 g/mol. The van der Waals surface area contributed by atoms with Crippen LogP contribution in [0, 0.1) is 23.5 Å². The Balaban J connectivity index is 1.55. The molecule has 5 rings (SSSR count). The van der Waals surface area contributed by atoms with Crippen LogP contribution in [0.2, 0.25) is 0 Å². The lowest BCUT2D eigenvalue weighted by atomic mass is 9.96. The highest BCUT2D eigenvalue weighted by Crippen LogP contribution is 2.38. The van der Waals surface area contributed by atoms with Gasteiger partial charge in [-0.3, -0.25) is 9.78 Å². The molecule has 2 aliphatic rings. The number of amides is 1. The third kappa shape index (κ3) is 6.18. The summed E-state index contributed by atoms with van der Waals surface area (Å²) in [5, 5.41) is 3.86. The second kappa shape index (κ2) is 12.6. The first-order valence-corrected chi connectivity index (χ1v) is 13.3. The summed E-state index contributed by atoms with van der Waals surface area (Å²) in [6, 6.07) is 2.48. The number of fused-ring (bicyclic) bond motifs is 1. The van der Waals surface area contributed by atoms with Crippen LogP contribution in [0.15, 0.2) is 36.0 Å². The molecule has 3 atom stereocenters. The lowest BCUT2D eigenvalue weighted by Crippen LogP contribution is -2.40. The summed E-state index contributed by atoms with van der Waals surface area (Å²) >= 11 is 0. The standard InChI is InChI=1S/C29H31F2N5O5/c1-4-24(37)32-12-17-6-8-41-15-21(17)35-29-33-13-18-10-19(25-26(30)22(38-2)11-23(39-3)27(25)31)34-20(28(18)36-29)9-16-5-7-40-14-16/h4,10-13,16-17,21H,1,5-9,14-15H2,2-3H3,(H,33,35,36)/t16?,17-,21-/m1/s1. The Morgan fingerprint density at radius 3 is 2.54 bits per heavy atom. The van der Waals surface area contributed by atoms with Crippen LogP contribution < -0.4 is 14.8 Å². The van der Waals surface area contributed by atoms with E-state index < -0.39 is 17.5 Å². The third-order valence-corrected chi connectivity index (χ3v) is 7.27. The molecule has 0 spiro atoms. The molecule has 1 aromatic carbocycles. The van der Waals surface area contributed by atoms with Gasteiger partial charge in [0.2, 0.25) is 5.95 Å². The maximum Gasteiger partial charge on any atom is 0.268 e. The summed E-state index contributed by atoms with van der Waals surface area (Å²) < 4.78 is 52.2. The predicted octanol–water partition coefficient (Wildman–Crippen LogP) is 4.17. The van der Waals surface area contributed by atoms with Crippen LogP contribution in [0.3, 0.4) is 0 Å². The summed E-state index contributed by atoms with van der Waals surface area (Å²) in [4.78, 5) is 29.5. The van der Waals surface area contributed by atoms with E-state index in [2.05, 4.69) is 21.9 Å². The van der Waals surface area contributed by atoms with E-state index >= 15 is 8.78 Å². The van der Waals surface area contributed by atoms with Gasteiger partial charge in [0, 0.05) is 49.6 Å². The number of hydrogen-bond acceptors (Lipinski definition) is 9. The van der Waals surface area contributed by atoms with Crippen molar-refractivity contribution in [1.29, 1.82) is 0 Å². The second-order valence-corrected chi connectivity index (χ2v) is 9.90. The van der Waals surface area contributed by atoms with Crippen molar-refractivity contribution >= 4 is 29.0 Å². The number of nitrogens with one attached hydrogen (secondary N) is 1. The van der Waals surface area contributed by atoms with Crippen LogP contribution in [0.4, 0.5) is 14.7 Å². The number of anilines is 1. The fourth-order valence-corrected chi connectivity index (χ4v) is 5.04. The van der Waals surface area contributed by atoms with Crippen LogP contribution in [-0.2, 0) is 20.7 Å². The first-order valence-electron chi connectivity index (χ1n) is 13.3. The average molecular weight is 568 g/mol. The Labute approximate surface area is 235 Å². The van der Waals surface area contributed by atoms with Gasteiger partial charge in [0.05, 0.1) is 49.3 Å². The van der Waals surface area contributed by atoms with E-state index in [0.29, 0.717) is 61.8 Å². The maximum atomic E-state index is 15.4. The molecule has 41 heavy (non-hydrogen) atoms. The lowest BCUT2D eigenvalue weighted by molar-refractivity contribution is -0.113. The van der Waals surface area contributed by atoms with Crippen LogP contribution in [-0.4, -0.2) is 73.8 Å². The van der Waals surface area contributed by atoms with Crippen molar-refractivity contribution in [2.75, 3.05) is 46.0 Å². The number of aromatic nitrogens is 3. The SMILES string of the molecule is C=CC(=O)N=C[C@H]1CCOC[C@H]1Nc1ncc2cc(-c3c(F)c(OC)cc(OC)c3F)nc(CC3CCOC3)c2n1. The van der Waals surface area contributed by atoms with Gasteiger partial charge in [0.1, 0.15) is 0 Å². The van der Waals surface area contributed by atoms with E-state index in [9.17, 15) is 4.79 Å². The quantitative estimate of drug-likeness (QED) is 0.300. The predicted molar refractivity (Wildman–Crippen MR) is 148 cm³/mol. The van der Waals surface area contributed by atoms with Crippen molar-refractivity contribution in [2.24, 2.45) is 16.8 Å². The average Bonchev–Trinajstić information content (AvgIpc) is 3.50. The van der Waals surface area contributed by atoms with E-state index in [0.717, 1.165) is 18.6 Å². The number of aliphatic imine (C=N–C) groups is 1. The van der Waals surface area contributed by atoms with Crippen molar-refractivity contribution in [3.05, 3.63) is 48.3 Å². The summed E-state index contributed by atoms with van der Waals surface area (Å²) in [5.74, 6) is -2.08. The molecule has 0 bridgehead atoms. The number of nitrogens with zero attached hydrogens (tertiary/aromatic N) is 4. The number of halogens is 2. The van der Waals surface area contributed by atoms with Crippen molar-refractivity contribution in [3.63, 3.8) is 0 Å². The van der Waals surface area contributed by atoms with Crippen LogP contribution >= 0.6 is 0 Å². The molecule has 2 aliphatic heterocycles. The number of benzene rings is 1. The molecule has 12 heteroatoms. The zero-order valence-electron chi connectivity index (χ0n) is 22.9. The molecule has 3 aromatic rings. The number of carbonyl (C=O) groups excluding carboxylic acids is 1. The molecule has 2 aromatic heterocycles. The van der Waals surface area contributed by atoms with Crippen LogP contribution in [0.1, 0.15) is 18.5 Å². The van der Waals surface area contributed by atoms with Gasteiger partial charge < -0.3 is 24.3 Å². The van der Waals surface area contributed by atoms with Crippen molar-refractivity contribution in [2.45, 2.75) is 25.3 Å². The number of methoxy groups -OCH3 is 2. The lowest BCUT2D eigenvalue weighted by Gasteiger charge is -2.29. The molecule has 1 N–H and O–H groups in total. The van der Waals surface area contributed by atoms with Gasteiger partial charge in [0.25, 0.3) is 5.91 Å². The Hall–Kier alpha value is -4.03. The van der Waals surface area contributed by atoms with E-state index in [1.807, 2.05) is 0 Å². The highest BCUT2D eigenvalue weighted by molar-refractivity contribution is 5.93. The zero-order chi connectivity index (χ0) is 28.9. The van der Waals surface area contributed by atoms with Gasteiger partial charge in [-0.2, -0.15) is 0 Å². The first-order chi connectivity index (χ1) is 19.9. The van der Waals surface area contributed by atoms with Crippen LogP contribution in [0.25, 0.3) is 22.2 Å². The molecule has 4 heterocycles. The normalized spacial score (nSPS) is 20.8. The minimum absolute atomic E-state index is 0.0757. The molecular formula is C29H31F2N5O5. The fourth-order valence-electron chi connectivity index (χ4n) is 5.04. The zero-order valence-corrected chi connectivity index (χ0v) is 22.9. The van der Waals surface area contributed by atoms with Crippen LogP contribution in [0.5, 0.6) is 11.5 Å². The fraction of sp³-hybridized carbons (Fsp3) is 0.414. The molecule has 1 amide bonds. The second-order valence-electron chi connectivity index (χ2n) is 9.90. The van der Waals surface area contributed by atoms with Gasteiger partial charge in [-0.1, -0.05) is 6.58 Å². The molecule has 2 saturated heterocycles. The molecule has 0 saturated carbocycles. The number of hydrogen-bond donors (Lipinski definition) is 1. The Morgan fingerprint density at radius 2 is 1.85 bits per heavy atom. The number of ether oxygens (including phenoxy) is 4. The van der Waals surface area contributed by atoms with Gasteiger partial charge >= 0.3 is 0 Å². The van der Waals surface area contributed by atoms with E-state index in [1.54, 1.807) is 18.5 Å². The van der Waals surface area contributed by atoms with Crippen molar-refractivity contribution in [3.8, 4) is 22.8 Å². The molecule has 2 fully saturated rings. The largest absolute Gasteiger partial charge is 0.494 e. The monoisotopic (exact) mass is 567 g/mol. The smallest absolute Gasteiger partial charge is 0.268 e. The van der Waals surface area contributed by atoms with Crippen molar-refractivity contribution < 1.29 is 32.5 Å². The maximum absolute atomic E-state index is 15.4. The minimum atomic E-state index is -0.882. The highest BCUT2D eigenvalue weighted by atomic mass is 19.1. The van der Waals surface area contributed by atoms with Gasteiger partial charge in [0.15, 0.2) is 23.1 Å². The molecule has 0 radical (unpaired) electrons. The Bertz CT molecular complexity index is 1450. The topological polar surface area (TPSA) is 117 Å². The number of pyridine rings is 1. The first kappa shape index (κ1) is 28.5. The van der Waals surface area contributed by atoms with E-state index in [-0.39, 0.29) is 40.6 Å². The summed E-state index contributed by atoms with van der Waals surface area (Å²) in [6.45, 7) is 5.56. The number of rotatable bonds is 9. The number of carbonyl (C=O) groups is 1. The van der Waals surface area contributed by atoms with Crippen molar-refractivity contribution in [1.82, 2.24) is 15.0 Å². The van der Waals surface area contributed by atoms with Gasteiger partial charge in [-0.25, -0.2) is 23.7 Å². The van der Waals surface area contributed by atoms with Gasteiger partial charge in [-0.15, -0.1) is 0 Å². The highest BCUT2D eigenvalue weighted by Gasteiger charge is 2.27. The van der Waals surface area contributed by atoms with E-state index in [1.165, 1.54) is 14.2 Å². The van der Waals surface area contributed by atoms with Gasteiger partial charge in [-0.05, 0) is 37.3 Å². The Morgan fingerprint density at radius 1 is 1.12 bits per heavy atom. The molecule has 0 aliphatic carbocycles. The Kier molecular flexibility index (Phi) is 8.79. The minimum Gasteiger partial charge on any atom is -0.494 e. The summed E-state index contributed by atoms with van der Waals surface area (Å²) in [6.07, 6.45) is 6.35. The van der Waals surface area contributed by atoms with E-state index in [4.69, 9.17) is 28.9 Å². The summed E-state index contributed by atoms with van der Waals surface area (Å²) in [7, 11) is 2.60. The molecule has 216 valence electrons. The third-order valence-electron chi connectivity index (χ3n) is 7.27. The molecule has 10 nitrogen and oxygen atoms in total.